The normalized spacial score (nSPS) is 11.9. The number of benzene rings is 3. The monoisotopic (exact) mass is 621 g/mol. The summed E-state index contributed by atoms with van der Waals surface area (Å²) in [6, 6.07) is 23.2. The van der Waals surface area contributed by atoms with Crippen molar-refractivity contribution < 1.29 is 14.4 Å². The first-order valence-electron chi connectivity index (χ1n) is 11.8. The average molecular weight is 623 g/mol. The van der Waals surface area contributed by atoms with Gasteiger partial charge in [-0.1, -0.05) is 63.7 Å². The zero-order valence-corrected chi connectivity index (χ0v) is 24.2. The second-order valence-electron chi connectivity index (χ2n) is 8.29. The number of carbonyl (C=O) groups excluding carboxylic acids is 3. The van der Waals surface area contributed by atoms with Gasteiger partial charge in [-0.2, -0.15) is 0 Å². The van der Waals surface area contributed by atoms with E-state index in [4.69, 9.17) is 0 Å². The summed E-state index contributed by atoms with van der Waals surface area (Å²) in [5.74, 6) is -1.09. The van der Waals surface area contributed by atoms with E-state index in [0.717, 1.165) is 19.9 Å². The summed E-state index contributed by atoms with van der Waals surface area (Å²) in [6.07, 6.45) is 1.61. The van der Waals surface area contributed by atoms with Crippen molar-refractivity contribution in [2.75, 3.05) is 10.6 Å². The number of aryl methyl sites for hydroxylation is 1. The second-order valence-corrected chi connectivity index (χ2v) is 11.8. The van der Waals surface area contributed by atoms with Gasteiger partial charge >= 0.3 is 0 Å². The zero-order chi connectivity index (χ0) is 27.8. The maximum Gasteiger partial charge on any atom is 0.272 e. The average Bonchev–Trinajstić information content (AvgIpc) is 3.33. The van der Waals surface area contributed by atoms with Crippen LogP contribution in [0.15, 0.2) is 93.9 Å². The molecule has 3 N–H and O–H groups in total. The van der Waals surface area contributed by atoms with E-state index < -0.39 is 17.1 Å². The van der Waals surface area contributed by atoms with Crippen LogP contribution in [0.2, 0.25) is 0 Å². The van der Waals surface area contributed by atoms with Crippen molar-refractivity contribution in [3.8, 4) is 0 Å². The molecule has 0 spiro atoms. The molecule has 0 aliphatic rings. The summed E-state index contributed by atoms with van der Waals surface area (Å²) in [6.45, 7) is 3.61. The van der Waals surface area contributed by atoms with Crippen molar-refractivity contribution in [3.63, 3.8) is 0 Å². The molecule has 1 aromatic heterocycles. The van der Waals surface area contributed by atoms with Gasteiger partial charge in [0.25, 0.3) is 11.8 Å². The van der Waals surface area contributed by atoms with Crippen LogP contribution >= 0.6 is 39.0 Å². The highest BCUT2D eigenvalue weighted by molar-refractivity contribution is 9.10. The number of thioether (sulfide) groups is 1. The molecular weight excluding hydrogens is 598 g/mol. The standard InChI is InChI=1S/C28H24BrN5O3S2/c1-17(25(35)32-28-34-33-18(2)39-28)38-23-13-7-12-22(16-23)30-27(37)24(15-19-8-6-11-21(29)14-19)31-26(36)20-9-4-3-5-10-20/h3-17H,1-2H3,(H,30,37)(H,31,36)(H,32,34,35)/b24-15+. The van der Waals surface area contributed by atoms with Crippen LogP contribution in [0.1, 0.15) is 27.9 Å². The number of hydrogen-bond donors (Lipinski definition) is 3. The summed E-state index contributed by atoms with van der Waals surface area (Å²) in [7, 11) is 0. The van der Waals surface area contributed by atoms with Gasteiger partial charge in [0.15, 0.2) is 0 Å². The minimum atomic E-state index is -0.487. The summed E-state index contributed by atoms with van der Waals surface area (Å²) in [4.78, 5) is 39.5. The molecule has 1 unspecified atom stereocenters. The minimum Gasteiger partial charge on any atom is -0.321 e. The topological polar surface area (TPSA) is 113 Å². The summed E-state index contributed by atoms with van der Waals surface area (Å²) < 4.78 is 0.842. The maximum absolute atomic E-state index is 13.3. The molecule has 39 heavy (non-hydrogen) atoms. The molecule has 0 aliphatic heterocycles. The molecule has 3 aromatic carbocycles. The highest BCUT2D eigenvalue weighted by Gasteiger charge is 2.18. The molecule has 8 nitrogen and oxygen atoms in total. The number of anilines is 2. The Labute approximate surface area is 242 Å². The molecule has 3 amide bonds. The largest absolute Gasteiger partial charge is 0.321 e. The predicted octanol–water partition coefficient (Wildman–Crippen LogP) is 6.14. The predicted molar refractivity (Wildman–Crippen MR) is 160 cm³/mol. The molecule has 4 aromatic rings. The first kappa shape index (κ1) is 28.2. The molecule has 0 bridgehead atoms. The number of nitrogens with zero attached hydrogens (tertiary/aromatic N) is 2. The fraction of sp³-hybridized carbons (Fsp3) is 0.107. The number of nitrogens with one attached hydrogen (secondary N) is 3. The van der Waals surface area contributed by atoms with Gasteiger partial charge in [-0.05, 0) is 68.0 Å². The third kappa shape index (κ3) is 8.34. The fourth-order valence-corrected chi connectivity index (χ4v) is 5.30. The van der Waals surface area contributed by atoms with E-state index in [9.17, 15) is 14.4 Å². The first-order chi connectivity index (χ1) is 18.8. The summed E-state index contributed by atoms with van der Waals surface area (Å²) in [5, 5.41) is 17.0. The Morgan fingerprint density at radius 1 is 0.949 bits per heavy atom. The van der Waals surface area contributed by atoms with Gasteiger partial charge in [0, 0.05) is 20.6 Å². The SMILES string of the molecule is Cc1nnc(NC(=O)C(C)Sc2cccc(NC(=O)/C(=C\c3cccc(Br)c3)NC(=O)c3ccccc3)c2)s1. The molecule has 11 heteroatoms. The van der Waals surface area contributed by atoms with Gasteiger partial charge < -0.3 is 10.6 Å². The maximum atomic E-state index is 13.3. The van der Waals surface area contributed by atoms with Gasteiger partial charge in [-0.25, -0.2) is 0 Å². The molecule has 0 radical (unpaired) electrons. The van der Waals surface area contributed by atoms with Crippen LogP contribution in [-0.4, -0.2) is 33.2 Å². The highest BCUT2D eigenvalue weighted by atomic mass is 79.9. The van der Waals surface area contributed by atoms with Gasteiger partial charge in [-0.3, -0.25) is 19.7 Å². The van der Waals surface area contributed by atoms with Crippen LogP contribution in [0.3, 0.4) is 0 Å². The van der Waals surface area contributed by atoms with E-state index >= 15 is 0 Å². The lowest BCUT2D eigenvalue weighted by atomic mass is 10.1. The number of halogens is 1. The molecule has 0 fully saturated rings. The molecular formula is C28H24BrN5O3S2. The molecule has 198 valence electrons. The van der Waals surface area contributed by atoms with Crippen molar-refractivity contribution in [2.24, 2.45) is 0 Å². The van der Waals surface area contributed by atoms with Crippen LogP contribution in [0.5, 0.6) is 0 Å². The van der Waals surface area contributed by atoms with Crippen molar-refractivity contribution >= 4 is 73.6 Å². The third-order valence-electron chi connectivity index (χ3n) is 5.22. The van der Waals surface area contributed by atoms with E-state index in [1.54, 1.807) is 55.5 Å². The van der Waals surface area contributed by atoms with Gasteiger partial charge in [-0.15, -0.1) is 22.0 Å². The van der Waals surface area contributed by atoms with Crippen molar-refractivity contribution in [3.05, 3.63) is 105 Å². The quantitative estimate of drug-likeness (QED) is 0.153. The van der Waals surface area contributed by atoms with Gasteiger partial charge in [0.1, 0.15) is 10.7 Å². The minimum absolute atomic E-state index is 0.0834. The van der Waals surface area contributed by atoms with Crippen LogP contribution in [0.25, 0.3) is 6.08 Å². The van der Waals surface area contributed by atoms with E-state index in [1.165, 1.54) is 23.1 Å². The molecule has 0 saturated heterocycles. The van der Waals surface area contributed by atoms with Crippen molar-refractivity contribution in [1.29, 1.82) is 0 Å². The van der Waals surface area contributed by atoms with Crippen LogP contribution in [0.4, 0.5) is 10.8 Å². The van der Waals surface area contributed by atoms with Crippen molar-refractivity contribution in [2.45, 2.75) is 24.0 Å². The van der Waals surface area contributed by atoms with Gasteiger partial charge in [0.05, 0.1) is 5.25 Å². The van der Waals surface area contributed by atoms with Crippen molar-refractivity contribution in [1.82, 2.24) is 15.5 Å². The number of aromatic nitrogens is 2. The fourth-order valence-electron chi connectivity index (χ4n) is 3.36. The van der Waals surface area contributed by atoms with Crippen LogP contribution in [-0.2, 0) is 9.59 Å². The van der Waals surface area contributed by atoms with E-state index in [-0.39, 0.29) is 11.6 Å². The molecule has 1 heterocycles. The number of rotatable bonds is 9. The first-order valence-corrected chi connectivity index (χ1v) is 14.3. The Hall–Kier alpha value is -3.80. The third-order valence-corrected chi connectivity index (χ3v) is 7.56. The van der Waals surface area contributed by atoms with E-state index in [2.05, 4.69) is 42.1 Å². The number of hydrogen-bond acceptors (Lipinski definition) is 7. The van der Waals surface area contributed by atoms with Crippen LogP contribution in [0, 0.1) is 6.92 Å². The molecule has 0 saturated carbocycles. The highest BCUT2D eigenvalue weighted by Crippen LogP contribution is 2.27. The van der Waals surface area contributed by atoms with Gasteiger partial charge in [0.2, 0.25) is 11.0 Å². The Bertz CT molecular complexity index is 1520. The molecule has 0 aliphatic carbocycles. The smallest absolute Gasteiger partial charge is 0.272 e. The Morgan fingerprint density at radius 3 is 2.44 bits per heavy atom. The van der Waals surface area contributed by atoms with E-state index in [1.807, 2.05) is 43.3 Å². The molecule has 1 atom stereocenters. The number of carbonyl (C=O) groups is 3. The lowest BCUT2D eigenvalue weighted by Crippen LogP contribution is -2.30. The number of amides is 3. The summed E-state index contributed by atoms with van der Waals surface area (Å²) in [5.41, 5.74) is 1.77. The lowest BCUT2D eigenvalue weighted by Gasteiger charge is -2.13. The van der Waals surface area contributed by atoms with Crippen LogP contribution < -0.4 is 16.0 Å². The molecule has 4 rings (SSSR count). The second kappa shape index (κ2) is 13.3. The Balaban J connectivity index is 1.48. The van der Waals surface area contributed by atoms with E-state index in [0.29, 0.717) is 16.4 Å². The summed E-state index contributed by atoms with van der Waals surface area (Å²) >= 11 is 6.08. The zero-order valence-electron chi connectivity index (χ0n) is 21.0. The Morgan fingerprint density at radius 2 is 1.72 bits per heavy atom. The lowest BCUT2D eigenvalue weighted by molar-refractivity contribution is -0.115. The Kier molecular flexibility index (Phi) is 9.64.